The molecule has 0 spiro atoms. The van der Waals surface area contributed by atoms with Crippen LogP contribution in [0.5, 0.6) is 0 Å². The van der Waals surface area contributed by atoms with Gasteiger partial charge in [-0.05, 0) is 42.5 Å². The number of carbonyl (C=O) groups excluding carboxylic acids is 1. The molecule has 0 saturated carbocycles. The average molecular weight is 408 g/mol. The lowest BCUT2D eigenvalue weighted by Gasteiger charge is -2.10. The van der Waals surface area contributed by atoms with Crippen molar-refractivity contribution in [3.8, 4) is 0 Å². The summed E-state index contributed by atoms with van der Waals surface area (Å²) in [6.45, 7) is 2.98. The number of amides is 1. The van der Waals surface area contributed by atoms with Gasteiger partial charge in [-0.25, -0.2) is 4.98 Å². The third-order valence-corrected chi connectivity index (χ3v) is 5.95. The Balaban J connectivity index is 1.56. The van der Waals surface area contributed by atoms with Gasteiger partial charge in [0.1, 0.15) is 4.70 Å². The van der Waals surface area contributed by atoms with Crippen LogP contribution in [0, 0.1) is 0 Å². The average Bonchev–Trinajstić information content (AvgIpc) is 3.10. The zero-order valence-corrected chi connectivity index (χ0v) is 16.6. The molecule has 8 heteroatoms. The van der Waals surface area contributed by atoms with Crippen LogP contribution in [0.15, 0.2) is 45.7 Å². The van der Waals surface area contributed by atoms with Gasteiger partial charge in [-0.1, -0.05) is 35.5 Å². The monoisotopic (exact) mass is 407 g/mol. The molecule has 26 heavy (non-hydrogen) atoms. The molecule has 0 fully saturated rings. The molecular formula is C18H18ClN3O2S2. The van der Waals surface area contributed by atoms with Crippen LogP contribution >= 0.6 is 34.7 Å². The minimum absolute atomic E-state index is 0.0434. The lowest BCUT2D eigenvalue weighted by atomic mass is 10.1. The summed E-state index contributed by atoms with van der Waals surface area (Å²) in [5.41, 5.74) is 1.76. The summed E-state index contributed by atoms with van der Waals surface area (Å²) in [5, 5.41) is 6.03. The number of fused-ring (bicyclic) bond motifs is 1. The van der Waals surface area contributed by atoms with Gasteiger partial charge in [-0.15, -0.1) is 11.3 Å². The van der Waals surface area contributed by atoms with Crippen LogP contribution in [0.1, 0.15) is 12.5 Å². The van der Waals surface area contributed by atoms with Crippen molar-refractivity contribution in [1.29, 1.82) is 0 Å². The Morgan fingerprint density at radius 1 is 1.31 bits per heavy atom. The minimum atomic E-state index is -0.0775. The van der Waals surface area contributed by atoms with Crippen molar-refractivity contribution in [3.05, 3.63) is 56.7 Å². The van der Waals surface area contributed by atoms with Crippen LogP contribution in [-0.2, 0) is 17.8 Å². The zero-order valence-electron chi connectivity index (χ0n) is 14.2. The predicted octanol–water partition coefficient (Wildman–Crippen LogP) is 3.58. The molecule has 0 bridgehead atoms. The first-order chi connectivity index (χ1) is 12.6. The van der Waals surface area contributed by atoms with Crippen molar-refractivity contribution >= 4 is 50.8 Å². The molecule has 3 aromatic rings. The Kier molecular flexibility index (Phi) is 6.34. The Morgan fingerprint density at radius 2 is 2.08 bits per heavy atom. The molecule has 0 radical (unpaired) electrons. The number of nitrogens with zero attached hydrogens (tertiary/aromatic N) is 2. The highest BCUT2D eigenvalue weighted by Crippen LogP contribution is 2.20. The summed E-state index contributed by atoms with van der Waals surface area (Å²) in [6, 6.07) is 9.40. The third kappa shape index (κ3) is 4.47. The lowest BCUT2D eigenvalue weighted by molar-refractivity contribution is -0.118. The summed E-state index contributed by atoms with van der Waals surface area (Å²) in [4.78, 5) is 29.1. The second kappa shape index (κ2) is 8.70. The summed E-state index contributed by atoms with van der Waals surface area (Å²) in [6.07, 6.45) is 0.742. The van der Waals surface area contributed by atoms with Gasteiger partial charge in [-0.2, -0.15) is 0 Å². The first-order valence-corrected chi connectivity index (χ1v) is 10.4. The Bertz CT molecular complexity index is 967. The van der Waals surface area contributed by atoms with Gasteiger partial charge in [0.05, 0.1) is 11.3 Å². The number of carbonyl (C=O) groups is 1. The largest absolute Gasteiger partial charge is 0.355 e. The lowest BCUT2D eigenvalue weighted by Crippen LogP contribution is -2.28. The number of hydrogen-bond donors (Lipinski definition) is 1. The number of nitrogens with one attached hydrogen (secondary N) is 1. The maximum Gasteiger partial charge on any atom is 0.272 e. The number of thiophene rings is 1. The molecular weight excluding hydrogens is 390 g/mol. The topological polar surface area (TPSA) is 64.0 Å². The maximum absolute atomic E-state index is 12.4. The van der Waals surface area contributed by atoms with Crippen molar-refractivity contribution in [1.82, 2.24) is 14.9 Å². The van der Waals surface area contributed by atoms with Gasteiger partial charge in [0, 0.05) is 18.1 Å². The number of rotatable bonds is 7. The summed E-state index contributed by atoms with van der Waals surface area (Å²) >= 11 is 8.54. The van der Waals surface area contributed by atoms with E-state index in [1.54, 1.807) is 4.57 Å². The standard InChI is InChI=1S/C18H18ClN3O2S2/c1-2-22-17(24)16-14(8-10-25-16)21-18(22)26-11-15(23)20-9-7-12-3-5-13(19)6-4-12/h3-6,8,10H,2,7,9,11H2,1H3,(H,20,23). The molecule has 0 aliphatic carbocycles. The molecule has 0 unspecified atom stereocenters. The molecule has 5 nitrogen and oxygen atoms in total. The molecule has 0 aliphatic heterocycles. The first-order valence-electron chi connectivity index (χ1n) is 8.20. The Hall–Kier alpha value is -1.83. The third-order valence-electron chi connectivity index (χ3n) is 3.83. The van der Waals surface area contributed by atoms with E-state index in [9.17, 15) is 9.59 Å². The van der Waals surface area contributed by atoms with E-state index in [0.29, 0.717) is 33.5 Å². The highest BCUT2D eigenvalue weighted by molar-refractivity contribution is 7.99. The number of halogens is 1. The maximum atomic E-state index is 12.4. The van der Waals surface area contributed by atoms with Crippen LogP contribution in [0.2, 0.25) is 5.02 Å². The molecule has 1 amide bonds. The fourth-order valence-electron chi connectivity index (χ4n) is 2.49. The number of hydrogen-bond acceptors (Lipinski definition) is 5. The van der Waals surface area contributed by atoms with Gasteiger partial charge in [-0.3, -0.25) is 14.2 Å². The number of thioether (sulfide) groups is 1. The SMILES string of the molecule is CCn1c(SCC(=O)NCCc2ccc(Cl)cc2)nc2ccsc2c1=O. The summed E-state index contributed by atoms with van der Waals surface area (Å²) in [5.74, 6) is 0.147. The summed E-state index contributed by atoms with van der Waals surface area (Å²) < 4.78 is 2.27. The molecule has 0 aliphatic rings. The minimum Gasteiger partial charge on any atom is -0.355 e. The van der Waals surface area contributed by atoms with E-state index >= 15 is 0 Å². The van der Waals surface area contributed by atoms with E-state index in [4.69, 9.17) is 11.6 Å². The van der Waals surface area contributed by atoms with Crippen LogP contribution in [-0.4, -0.2) is 27.8 Å². The smallest absolute Gasteiger partial charge is 0.272 e. The van der Waals surface area contributed by atoms with Crippen molar-refractivity contribution in [2.45, 2.75) is 25.0 Å². The normalized spacial score (nSPS) is 11.0. The molecule has 1 N–H and O–H groups in total. The van der Waals surface area contributed by atoms with Crippen LogP contribution in [0.25, 0.3) is 10.2 Å². The Morgan fingerprint density at radius 3 is 2.81 bits per heavy atom. The van der Waals surface area contributed by atoms with Gasteiger partial charge < -0.3 is 5.32 Å². The second-order valence-electron chi connectivity index (χ2n) is 5.59. The highest BCUT2D eigenvalue weighted by atomic mass is 35.5. The fraction of sp³-hybridized carbons (Fsp3) is 0.278. The molecule has 136 valence electrons. The second-order valence-corrected chi connectivity index (χ2v) is 7.89. The fourth-order valence-corrected chi connectivity index (χ4v) is 4.29. The van der Waals surface area contributed by atoms with Gasteiger partial charge in [0.2, 0.25) is 5.91 Å². The zero-order chi connectivity index (χ0) is 18.5. The van der Waals surface area contributed by atoms with Gasteiger partial charge in [0.25, 0.3) is 5.56 Å². The van der Waals surface area contributed by atoms with Crippen LogP contribution in [0.4, 0.5) is 0 Å². The van der Waals surface area contributed by atoms with Crippen molar-refractivity contribution in [2.75, 3.05) is 12.3 Å². The van der Waals surface area contributed by atoms with E-state index in [1.807, 2.05) is 42.6 Å². The van der Waals surface area contributed by atoms with E-state index in [-0.39, 0.29) is 17.2 Å². The van der Waals surface area contributed by atoms with Crippen LogP contribution < -0.4 is 10.9 Å². The molecule has 3 rings (SSSR count). The number of benzene rings is 1. The van der Waals surface area contributed by atoms with Crippen molar-refractivity contribution < 1.29 is 4.79 Å². The van der Waals surface area contributed by atoms with Crippen molar-refractivity contribution in [3.63, 3.8) is 0 Å². The van der Waals surface area contributed by atoms with Gasteiger partial charge in [0.15, 0.2) is 5.16 Å². The highest BCUT2D eigenvalue weighted by Gasteiger charge is 2.13. The first kappa shape index (κ1) is 18.9. The van der Waals surface area contributed by atoms with E-state index in [0.717, 1.165) is 12.0 Å². The van der Waals surface area contributed by atoms with Crippen molar-refractivity contribution in [2.24, 2.45) is 0 Å². The summed E-state index contributed by atoms with van der Waals surface area (Å²) in [7, 11) is 0. The van der Waals surface area contributed by atoms with Gasteiger partial charge >= 0.3 is 0 Å². The predicted molar refractivity (Wildman–Crippen MR) is 108 cm³/mol. The molecule has 0 atom stereocenters. The van der Waals surface area contributed by atoms with E-state index in [1.165, 1.54) is 23.1 Å². The quantitative estimate of drug-likeness (QED) is 0.480. The number of aromatic nitrogens is 2. The molecule has 0 saturated heterocycles. The molecule has 2 heterocycles. The Labute approximate surface area is 164 Å². The van der Waals surface area contributed by atoms with E-state index in [2.05, 4.69) is 10.3 Å². The molecule has 2 aromatic heterocycles. The van der Waals surface area contributed by atoms with E-state index < -0.39 is 0 Å². The molecule has 1 aromatic carbocycles. The van der Waals surface area contributed by atoms with Crippen LogP contribution in [0.3, 0.4) is 0 Å².